The van der Waals surface area contributed by atoms with Crippen LogP contribution in [0.5, 0.6) is 0 Å². The third-order valence-electron chi connectivity index (χ3n) is 2.94. The number of nitrogens with zero attached hydrogens (tertiary/aromatic N) is 3. The van der Waals surface area contributed by atoms with Crippen molar-refractivity contribution >= 4 is 5.69 Å². The van der Waals surface area contributed by atoms with Crippen LogP contribution in [0.1, 0.15) is 16.8 Å². The topological polar surface area (TPSA) is 63.0 Å². The van der Waals surface area contributed by atoms with Gasteiger partial charge in [-0.3, -0.25) is 0 Å². The Morgan fingerprint density at radius 3 is 2.76 bits per heavy atom. The molecule has 0 spiro atoms. The first-order chi connectivity index (χ1) is 9.90. The predicted octanol–water partition coefficient (Wildman–Crippen LogP) is 2.21. The molecule has 0 radical (unpaired) electrons. The van der Waals surface area contributed by atoms with E-state index in [1.54, 1.807) is 13.1 Å². The highest BCUT2D eigenvalue weighted by Gasteiger charge is 2.30. The Kier molecular flexibility index (Phi) is 4.46. The summed E-state index contributed by atoms with van der Waals surface area (Å²) in [5, 5.41) is 19.3. The van der Waals surface area contributed by atoms with Crippen molar-refractivity contribution in [3.8, 4) is 0 Å². The Balaban J connectivity index is 2.08. The van der Waals surface area contributed by atoms with Gasteiger partial charge in [-0.05, 0) is 24.6 Å². The Hall–Kier alpha value is -2.09. The van der Waals surface area contributed by atoms with Crippen LogP contribution in [0.2, 0.25) is 0 Å². The first-order valence-corrected chi connectivity index (χ1v) is 6.32. The monoisotopic (exact) mass is 300 g/mol. The maximum atomic E-state index is 12.7. The molecular weight excluding hydrogens is 285 g/mol. The summed E-state index contributed by atoms with van der Waals surface area (Å²) >= 11 is 0. The van der Waals surface area contributed by atoms with Gasteiger partial charge in [0.25, 0.3) is 0 Å². The molecule has 1 aromatic carbocycles. The maximum Gasteiger partial charge on any atom is 0.416 e. The highest BCUT2D eigenvalue weighted by Crippen LogP contribution is 2.32. The fourth-order valence-corrected chi connectivity index (χ4v) is 1.81. The number of nitrogens with one attached hydrogen (secondary N) is 1. The Labute approximate surface area is 119 Å². The van der Waals surface area contributed by atoms with Gasteiger partial charge in [-0.25, -0.2) is 4.68 Å². The first kappa shape index (κ1) is 15.3. The maximum absolute atomic E-state index is 12.7. The second-order valence-electron chi connectivity index (χ2n) is 4.58. The number of aryl methyl sites for hydroxylation is 1. The second kappa shape index (κ2) is 6.13. The van der Waals surface area contributed by atoms with Crippen LogP contribution in [0.4, 0.5) is 18.9 Å². The zero-order valence-electron chi connectivity index (χ0n) is 11.4. The number of halogens is 3. The molecule has 2 N–H and O–H groups in total. The summed E-state index contributed by atoms with van der Waals surface area (Å²) < 4.78 is 39.5. The van der Waals surface area contributed by atoms with Crippen molar-refractivity contribution in [1.29, 1.82) is 0 Å². The average molecular weight is 300 g/mol. The highest BCUT2D eigenvalue weighted by atomic mass is 19.4. The van der Waals surface area contributed by atoms with Crippen LogP contribution in [-0.4, -0.2) is 26.7 Å². The fourth-order valence-electron chi connectivity index (χ4n) is 1.81. The van der Waals surface area contributed by atoms with Crippen LogP contribution in [0, 0.1) is 6.92 Å². The lowest BCUT2D eigenvalue weighted by Crippen LogP contribution is -2.07. The summed E-state index contributed by atoms with van der Waals surface area (Å²) in [5.41, 5.74) is 1.01. The minimum atomic E-state index is -4.37. The molecule has 5 nitrogen and oxygen atoms in total. The standard InChI is InChI=1S/C13H15F3N4O/c1-9-2-3-10(13(14,15)16)6-12(9)17-7-11-8-20(4-5-21)19-18-11/h2-3,6,8,17,21H,4-5,7H2,1H3. The number of rotatable bonds is 5. The van der Waals surface area contributed by atoms with Crippen molar-refractivity contribution in [3.05, 3.63) is 41.2 Å². The highest BCUT2D eigenvalue weighted by molar-refractivity contribution is 5.53. The van der Waals surface area contributed by atoms with Crippen molar-refractivity contribution in [1.82, 2.24) is 15.0 Å². The van der Waals surface area contributed by atoms with Crippen LogP contribution in [0.15, 0.2) is 24.4 Å². The Morgan fingerprint density at radius 2 is 2.10 bits per heavy atom. The number of benzene rings is 1. The number of aliphatic hydroxyl groups is 1. The van der Waals surface area contributed by atoms with Gasteiger partial charge in [-0.15, -0.1) is 5.10 Å². The van der Waals surface area contributed by atoms with Crippen LogP contribution < -0.4 is 5.32 Å². The minimum Gasteiger partial charge on any atom is -0.394 e. The van der Waals surface area contributed by atoms with Crippen LogP contribution >= 0.6 is 0 Å². The molecule has 8 heteroatoms. The molecule has 0 aliphatic rings. The SMILES string of the molecule is Cc1ccc(C(F)(F)F)cc1NCc1cn(CCO)nn1. The van der Waals surface area contributed by atoms with Gasteiger partial charge >= 0.3 is 6.18 Å². The zero-order valence-corrected chi connectivity index (χ0v) is 11.4. The zero-order chi connectivity index (χ0) is 15.5. The number of aliphatic hydroxyl groups excluding tert-OH is 1. The minimum absolute atomic E-state index is 0.0526. The molecule has 0 unspecified atom stereocenters. The lowest BCUT2D eigenvalue weighted by Gasteiger charge is -2.12. The summed E-state index contributed by atoms with van der Waals surface area (Å²) in [6.45, 7) is 2.26. The smallest absolute Gasteiger partial charge is 0.394 e. The quantitative estimate of drug-likeness (QED) is 0.888. The van der Waals surface area contributed by atoms with Crippen molar-refractivity contribution < 1.29 is 18.3 Å². The number of anilines is 1. The number of alkyl halides is 3. The third-order valence-corrected chi connectivity index (χ3v) is 2.94. The molecule has 1 aromatic heterocycles. The molecule has 0 aliphatic heterocycles. The number of hydrogen-bond acceptors (Lipinski definition) is 4. The molecule has 21 heavy (non-hydrogen) atoms. The normalized spacial score (nSPS) is 11.7. The van der Waals surface area contributed by atoms with Crippen molar-refractivity contribution in [3.63, 3.8) is 0 Å². The molecule has 0 saturated heterocycles. The van der Waals surface area contributed by atoms with Crippen LogP contribution in [0.3, 0.4) is 0 Å². The molecule has 0 bridgehead atoms. The molecule has 2 rings (SSSR count). The Bertz CT molecular complexity index is 610. The largest absolute Gasteiger partial charge is 0.416 e. The van der Waals surface area contributed by atoms with E-state index < -0.39 is 11.7 Å². The molecule has 114 valence electrons. The first-order valence-electron chi connectivity index (χ1n) is 6.32. The van der Waals surface area contributed by atoms with E-state index >= 15 is 0 Å². The van der Waals surface area contributed by atoms with Crippen LogP contribution in [-0.2, 0) is 19.3 Å². The number of hydrogen-bond donors (Lipinski definition) is 2. The van der Waals surface area contributed by atoms with Gasteiger partial charge in [0.2, 0.25) is 0 Å². The summed E-state index contributed by atoms with van der Waals surface area (Å²) in [5.74, 6) is 0. The van der Waals surface area contributed by atoms with E-state index in [-0.39, 0.29) is 13.2 Å². The van der Waals surface area contributed by atoms with Crippen molar-refractivity contribution in [2.75, 3.05) is 11.9 Å². The molecule has 0 aliphatic carbocycles. The van der Waals surface area contributed by atoms with Gasteiger partial charge in [0.1, 0.15) is 5.69 Å². The summed E-state index contributed by atoms with van der Waals surface area (Å²) in [6.07, 6.45) is -2.74. The number of aromatic nitrogens is 3. The van der Waals surface area contributed by atoms with E-state index in [2.05, 4.69) is 15.6 Å². The lowest BCUT2D eigenvalue weighted by molar-refractivity contribution is -0.137. The molecule has 1 heterocycles. The van der Waals surface area contributed by atoms with Crippen LogP contribution in [0.25, 0.3) is 0 Å². The van der Waals surface area contributed by atoms with Gasteiger partial charge in [-0.2, -0.15) is 13.2 Å². The van der Waals surface area contributed by atoms with E-state index in [4.69, 9.17) is 5.11 Å². The average Bonchev–Trinajstić information content (AvgIpc) is 2.84. The van der Waals surface area contributed by atoms with Gasteiger partial charge in [0.05, 0.1) is 31.5 Å². The Morgan fingerprint density at radius 1 is 1.33 bits per heavy atom. The second-order valence-corrected chi connectivity index (χ2v) is 4.58. The molecule has 0 fully saturated rings. The van der Waals surface area contributed by atoms with Gasteiger partial charge in [0, 0.05) is 5.69 Å². The molecule has 0 amide bonds. The lowest BCUT2D eigenvalue weighted by atomic mass is 10.1. The van der Waals surface area contributed by atoms with Crippen molar-refractivity contribution in [2.24, 2.45) is 0 Å². The summed E-state index contributed by atoms with van der Waals surface area (Å²) in [4.78, 5) is 0. The molecule has 0 atom stereocenters. The molecule has 0 saturated carbocycles. The van der Waals surface area contributed by atoms with Gasteiger partial charge < -0.3 is 10.4 Å². The summed E-state index contributed by atoms with van der Waals surface area (Å²) in [7, 11) is 0. The van der Waals surface area contributed by atoms with E-state index in [9.17, 15) is 13.2 Å². The molecule has 2 aromatic rings. The van der Waals surface area contributed by atoms with Gasteiger partial charge in [0.15, 0.2) is 0 Å². The molecular formula is C13H15F3N4O. The van der Waals surface area contributed by atoms with E-state index in [1.807, 2.05) is 0 Å². The van der Waals surface area contributed by atoms with Gasteiger partial charge in [-0.1, -0.05) is 11.3 Å². The van der Waals surface area contributed by atoms with E-state index in [0.29, 0.717) is 23.5 Å². The predicted molar refractivity (Wildman–Crippen MR) is 70.6 cm³/mol. The van der Waals surface area contributed by atoms with E-state index in [0.717, 1.165) is 12.1 Å². The summed E-state index contributed by atoms with van der Waals surface area (Å²) in [6, 6.07) is 3.55. The third kappa shape index (κ3) is 3.94. The van der Waals surface area contributed by atoms with E-state index in [1.165, 1.54) is 10.7 Å². The fraction of sp³-hybridized carbons (Fsp3) is 0.385. The van der Waals surface area contributed by atoms with Crippen molar-refractivity contribution in [2.45, 2.75) is 26.2 Å².